The van der Waals surface area contributed by atoms with Gasteiger partial charge in [-0.3, -0.25) is 9.59 Å². The molecule has 1 atom stereocenters. The number of sulfonamides is 1. The van der Waals surface area contributed by atoms with Crippen molar-refractivity contribution in [1.29, 1.82) is 0 Å². The molecule has 31 heavy (non-hydrogen) atoms. The van der Waals surface area contributed by atoms with Crippen LogP contribution in [0.3, 0.4) is 0 Å². The summed E-state index contributed by atoms with van der Waals surface area (Å²) in [6, 6.07) is 8.25. The average molecular weight is 473 g/mol. The lowest BCUT2D eigenvalue weighted by Gasteiger charge is -2.30. The minimum atomic E-state index is -3.82. The van der Waals surface area contributed by atoms with E-state index < -0.39 is 46.1 Å². The molecule has 2 aromatic carbocycles. The van der Waals surface area contributed by atoms with Crippen molar-refractivity contribution in [3.8, 4) is 0 Å². The molecule has 1 N–H and O–H groups in total. The van der Waals surface area contributed by atoms with E-state index in [4.69, 9.17) is 16.3 Å². The molecule has 1 aliphatic heterocycles. The Labute approximate surface area is 183 Å². The first kappa shape index (κ1) is 23.1. The number of nitrogens with one attached hydrogen (secondary N) is 1. The van der Waals surface area contributed by atoms with Crippen LogP contribution in [-0.4, -0.2) is 44.3 Å². The second-order valence-electron chi connectivity index (χ2n) is 6.94. The summed E-state index contributed by atoms with van der Waals surface area (Å²) in [4.78, 5) is 24.3. The molecule has 1 amide bonds. The molecular formula is C20H19ClF2N2O5S. The molecule has 0 spiro atoms. The minimum absolute atomic E-state index is 0.0578. The normalized spacial score (nSPS) is 17.2. The van der Waals surface area contributed by atoms with Gasteiger partial charge >= 0.3 is 5.97 Å². The van der Waals surface area contributed by atoms with Crippen LogP contribution in [0.2, 0.25) is 5.02 Å². The molecule has 0 aromatic heterocycles. The lowest BCUT2D eigenvalue weighted by atomic mass is 10.00. The Morgan fingerprint density at radius 2 is 1.87 bits per heavy atom. The topological polar surface area (TPSA) is 92.8 Å². The molecule has 0 radical (unpaired) electrons. The number of hydrogen-bond acceptors (Lipinski definition) is 5. The third kappa shape index (κ3) is 5.78. The highest BCUT2D eigenvalue weighted by atomic mass is 35.5. The van der Waals surface area contributed by atoms with Crippen LogP contribution < -0.4 is 5.32 Å². The van der Waals surface area contributed by atoms with Crippen LogP contribution in [0, 0.1) is 17.6 Å². The van der Waals surface area contributed by atoms with Gasteiger partial charge in [0.25, 0.3) is 5.91 Å². The number of amides is 1. The smallest absolute Gasteiger partial charge is 0.310 e. The van der Waals surface area contributed by atoms with E-state index >= 15 is 0 Å². The van der Waals surface area contributed by atoms with Crippen molar-refractivity contribution in [3.63, 3.8) is 0 Å². The van der Waals surface area contributed by atoms with E-state index in [9.17, 15) is 26.8 Å². The van der Waals surface area contributed by atoms with Gasteiger partial charge in [-0.15, -0.1) is 0 Å². The number of carbonyl (C=O) groups excluding carboxylic acids is 2. The van der Waals surface area contributed by atoms with Gasteiger partial charge in [0.2, 0.25) is 10.0 Å². The summed E-state index contributed by atoms with van der Waals surface area (Å²) in [7, 11) is -3.82. The molecule has 3 rings (SSSR count). The van der Waals surface area contributed by atoms with Crippen LogP contribution in [-0.2, 0) is 24.3 Å². The molecule has 0 aliphatic carbocycles. The SMILES string of the molecule is O=C(COC(=O)C1CCCN(S(=O)(=O)c2ccc(Cl)cc2)C1)Nc1cc(F)ccc1F. The zero-order chi connectivity index (χ0) is 22.6. The number of nitrogens with zero attached hydrogens (tertiary/aromatic N) is 1. The molecule has 1 saturated heterocycles. The molecule has 1 aliphatic rings. The van der Waals surface area contributed by atoms with Gasteiger partial charge in [-0.2, -0.15) is 4.31 Å². The van der Waals surface area contributed by atoms with Crippen LogP contribution in [0.1, 0.15) is 12.8 Å². The fourth-order valence-corrected chi connectivity index (χ4v) is 4.79. The van der Waals surface area contributed by atoms with Gasteiger partial charge < -0.3 is 10.1 Å². The summed E-state index contributed by atoms with van der Waals surface area (Å²) >= 11 is 5.80. The Bertz CT molecular complexity index is 1080. The van der Waals surface area contributed by atoms with Gasteiger partial charge in [0.05, 0.1) is 16.5 Å². The average Bonchev–Trinajstić information content (AvgIpc) is 2.75. The van der Waals surface area contributed by atoms with Crippen molar-refractivity contribution in [3.05, 3.63) is 59.1 Å². The van der Waals surface area contributed by atoms with Crippen LogP contribution >= 0.6 is 11.6 Å². The Hall–Kier alpha value is -2.56. The largest absolute Gasteiger partial charge is 0.455 e. The van der Waals surface area contributed by atoms with Crippen LogP contribution in [0.25, 0.3) is 0 Å². The quantitative estimate of drug-likeness (QED) is 0.652. The van der Waals surface area contributed by atoms with Crippen LogP contribution in [0.5, 0.6) is 0 Å². The summed E-state index contributed by atoms with van der Waals surface area (Å²) in [5.74, 6) is -3.92. The predicted molar refractivity (Wildman–Crippen MR) is 109 cm³/mol. The van der Waals surface area contributed by atoms with Crippen molar-refractivity contribution < 1.29 is 31.5 Å². The van der Waals surface area contributed by atoms with E-state index in [1.807, 2.05) is 0 Å². The Morgan fingerprint density at radius 1 is 1.16 bits per heavy atom. The maximum Gasteiger partial charge on any atom is 0.310 e. The monoisotopic (exact) mass is 472 g/mol. The second kappa shape index (κ2) is 9.71. The highest BCUT2D eigenvalue weighted by Gasteiger charge is 2.34. The lowest BCUT2D eigenvalue weighted by molar-refractivity contribution is -0.152. The zero-order valence-corrected chi connectivity index (χ0v) is 17.8. The highest BCUT2D eigenvalue weighted by Crippen LogP contribution is 2.25. The zero-order valence-electron chi connectivity index (χ0n) is 16.2. The molecule has 0 bridgehead atoms. The number of carbonyl (C=O) groups is 2. The first-order valence-corrected chi connectivity index (χ1v) is 11.2. The van der Waals surface area contributed by atoms with Crippen LogP contribution in [0.15, 0.2) is 47.4 Å². The van der Waals surface area contributed by atoms with Crippen molar-refractivity contribution in [1.82, 2.24) is 4.31 Å². The Balaban J connectivity index is 1.57. The van der Waals surface area contributed by atoms with E-state index in [1.165, 1.54) is 28.6 Å². The maximum absolute atomic E-state index is 13.6. The summed E-state index contributed by atoms with van der Waals surface area (Å²) in [6.45, 7) is -0.562. The number of piperidine rings is 1. The van der Waals surface area contributed by atoms with Gasteiger partial charge in [0, 0.05) is 24.2 Å². The Morgan fingerprint density at radius 3 is 2.58 bits per heavy atom. The number of hydrogen-bond donors (Lipinski definition) is 1. The van der Waals surface area contributed by atoms with Gasteiger partial charge in [-0.05, 0) is 49.2 Å². The third-order valence-electron chi connectivity index (χ3n) is 4.72. The molecule has 0 saturated carbocycles. The Kier molecular flexibility index (Phi) is 7.24. The number of halogens is 3. The molecule has 1 fully saturated rings. The summed E-state index contributed by atoms with van der Waals surface area (Å²) in [5, 5.41) is 2.52. The molecule has 7 nitrogen and oxygen atoms in total. The molecule has 2 aromatic rings. The standard InChI is InChI=1S/C20H19ClF2N2O5S/c21-14-3-6-16(7-4-14)31(28,29)25-9-1-2-13(11-25)20(27)30-12-19(26)24-18-10-15(22)5-8-17(18)23/h3-8,10,13H,1-2,9,11-12H2,(H,24,26). The van der Waals surface area contributed by atoms with Crippen molar-refractivity contribution in [2.45, 2.75) is 17.7 Å². The summed E-state index contributed by atoms with van der Waals surface area (Å²) in [6.07, 6.45) is 0.832. The first-order chi connectivity index (χ1) is 14.7. The minimum Gasteiger partial charge on any atom is -0.455 e. The van der Waals surface area contributed by atoms with E-state index in [0.717, 1.165) is 18.2 Å². The predicted octanol–water partition coefficient (Wildman–Crippen LogP) is 3.20. The molecular weight excluding hydrogens is 454 g/mol. The van der Waals surface area contributed by atoms with Crippen molar-refractivity contribution >= 4 is 39.2 Å². The fraction of sp³-hybridized carbons (Fsp3) is 0.300. The number of benzene rings is 2. The summed E-state index contributed by atoms with van der Waals surface area (Å²) < 4.78 is 58.5. The van der Waals surface area contributed by atoms with E-state index in [-0.39, 0.29) is 23.7 Å². The van der Waals surface area contributed by atoms with Crippen LogP contribution in [0.4, 0.5) is 14.5 Å². The highest BCUT2D eigenvalue weighted by molar-refractivity contribution is 7.89. The molecule has 1 heterocycles. The maximum atomic E-state index is 13.6. The lowest BCUT2D eigenvalue weighted by Crippen LogP contribution is -2.43. The third-order valence-corrected chi connectivity index (χ3v) is 6.85. The van der Waals surface area contributed by atoms with E-state index in [2.05, 4.69) is 5.32 Å². The van der Waals surface area contributed by atoms with Crippen molar-refractivity contribution in [2.24, 2.45) is 5.92 Å². The fourth-order valence-electron chi connectivity index (χ4n) is 3.14. The molecule has 166 valence electrons. The number of esters is 1. The second-order valence-corrected chi connectivity index (χ2v) is 9.31. The van der Waals surface area contributed by atoms with Gasteiger partial charge in [0.1, 0.15) is 11.6 Å². The number of anilines is 1. The number of ether oxygens (including phenoxy) is 1. The number of rotatable bonds is 6. The van der Waals surface area contributed by atoms with E-state index in [0.29, 0.717) is 17.9 Å². The summed E-state index contributed by atoms with van der Waals surface area (Å²) in [5.41, 5.74) is -0.376. The molecule has 1 unspecified atom stereocenters. The van der Waals surface area contributed by atoms with Gasteiger partial charge in [0.15, 0.2) is 6.61 Å². The van der Waals surface area contributed by atoms with E-state index in [1.54, 1.807) is 0 Å². The van der Waals surface area contributed by atoms with Gasteiger partial charge in [-0.1, -0.05) is 11.6 Å². The van der Waals surface area contributed by atoms with Crippen molar-refractivity contribution in [2.75, 3.05) is 25.0 Å². The molecule has 11 heteroatoms. The van der Waals surface area contributed by atoms with Gasteiger partial charge in [-0.25, -0.2) is 17.2 Å². The first-order valence-electron chi connectivity index (χ1n) is 9.34.